The van der Waals surface area contributed by atoms with Gasteiger partial charge < -0.3 is 5.73 Å². The lowest BCUT2D eigenvalue weighted by atomic mass is 10.1. The molecule has 3 N–H and O–H groups in total. The zero-order valence-electron chi connectivity index (χ0n) is 11.3. The van der Waals surface area contributed by atoms with Crippen LogP contribution >= 0.6 is 0 Å². The molecule has 0 fully saturated rings. The Morgan fingerprint density at radius 1 is 1.16 bits per heavy atom. The number of carbonyl (C=O) groups is 1. The first kappa shape index (κ1) is 13.4. The van der Waals surface area contributed by atoms with Crippen LogP contribution in [0.1, 0.15) is 17.0 Å². The summed E-state index contributed by atoms with van der Waals surface area (Å²) in [6.07, 6.45) is 0.534. The minimum absolute atomic E-state index is 0.175. The first-order valence-electron chi connectivity index (χ1n) is 6.33. The third kappa shape index (κ3) is 3.23. The fourth-order valence-corrected chi connectivity index (χ4v) is 2.00. The fraction of sp³-hybridized carbons (Fsp3) is 0.267. The highest BCUT2D eigenvalue weighted by atomic mass is 16.2. The van der Waals surface area contributed by atoms with Crippen LogP contribution in [0.2, 0.25) is 0 Å². The monoisotopic (exact) mass is 257 g/mol. The van der Waals surface area contributed by atoms with Crippen molar-refractivity contribution in [1.29, 1.82) is 0 Å². The van der Waals surface area contributed by atoms with Gasteiger partial charge in [-0.05, 0) is 38.0 Å². The third-order valence-electron chi connectivity index (χ3n) is 3.13. The molecular weight excluding hydrogens is 238 g/mol. The van der Waals surface area contributed by atoms with Crippen LogP contribution in [0, 0.1) is 13.8 Å². The summed E-state index contributed by atoms with van der Waals surface area (Å²) >= 11 is 0. The van der Waals surface area contributed by atoms with Gasteiger partial charge in [-0.15, -0.1) is 0 Å². The summed E-state index contributed by atoms with van der Waals surface area (Å²) in [7, 11) is 0. The number of hydrogen-bond donors (Lipinski definition) is 2. The highest BCUT2D eigenvalue weighted by Crippen LogP contribution is 2.06. The Bertz CT molecular complexity index is 541. The Labute approximate surface area is 113 Å². The Hall–Kier alpha value is -2.07. The highest BCUT2D eigenvalue weighted by Gasteiger charge is 2.15. The number of carbonyl (C=O) groups excluding carboxylic acids is 1. The number of aromatic nitrogens is 1. The lowest BCUT2D eigenvalue weighted by Gasteiger charge is -2.15. The molecule has 0 aliphatic carbocycles. The summed E-state index contributed by atoms with van der Waals surface area (Å²) < 4.78 is 1.76. The first-order chi connectivity index (χ1) is 9.08. The van der Waals surface area contributed by atoms with Gasteiger partial charge >= 0.3 is 0 Å². The van der Waals surface area contributed by atoms with Gasteiger partial charge in [-0.2, -0.15) is 0 Å². The Balaban J connectivity index is 2.00. The molecule has 1 amide bonds. The molecule has 0 bridgehead atoms. The van der Waals surface area contributed by atoms with Crippen LogP contribution in [0.4, 0.5) is 0 Å². The molecule has 1 aromatic carbocycles. The maximum Gasteiger partial charge on any atom is 0.256 e. The van der Waals surface area contributed by atoms with Gasteiger partial charge in [0, 0.05) is 11.4 Å². The summed E-state index contributed by atoms with van der Waals surface area (Å²) in [5, 5.41) is 0. The minimum atomic E-state index is -0.552. The maximum absolute atomic E-state index is 12.1. The van der Waals surface area contributed by atoms with Crippen molar-refractivity contribution in [1.82, 2.24) is 4.68 Å². The largest absolute Gasteiger partial charge is 0.320 e. The quantitative estimate of drug-likeness (QED) is 0.876. The lowest BCUT2D eigenvalue weighted by molar-refractivity contribution is -0.118. The van der Waals surface area contributed by atoms with Gasteiger partial charge in [0.2, 0.25) is 0 Å². The minimum Gasteiger partial charge on any atom is -0.320 e. The predicted molar refractivity (Wildman–Crippen MR) is 76.4 cm³/mol. The average molecular weight is 257 g/mol. The van der Waals surface area contributed by atoms with Crippen LogP contribution in [0.25, 0.3) is 0 Å². The number of nitrogens with zero attached hydrogens (tertiary/aromatic N) is 1. The van der Waals surface area contributed by atoms with Gasteiger partial charge in [-0.25, -0.2) is 0 Å². The smallest absolute Gasteiger partial charge is 0.256 e. The molecule has 0 spiro atoms. The van der Waals surface area contributed by atoms with Crippen molar-refractivity contribution >= 4 is 5.91 Å². The SMILES string of the molecule is Cc1ccc(C)n1NC(=O)[C@H](N)Cc1ccccc1. The summed E-state index contributed by atoms with van der Waals surface area (Å²) in [5.41, 5.74) is 11.8. The second-order valence-electron chi connectivity index (χ2n) is 4.72. The van der Waals surface area contributed by atoms with E-state index in [0.29, 0.717) is 6.42 Å². The number of hydrogen-bond acceptors (Lipinski definition) is 2. The first-order valence-corrected chi connectivity index (χ1v) is 6.33. The van der Waals surface area contributed by atoms with E-state index >= 15 is 0 Å². The standard InChI is InChI=1S/C15H19N3O/c1-11-8-9-12(2)18(11)17-15(19)14(16)10-13-6-4-3-5-7-13/h3-9,14H,10,16H2,1-2H3,(H,17,19)/t14-/m1/s1. The van der Waals surface area contributed by atoms with Gasteiger partial charge in [0.05, 0.1) is 6.04 Å². The molecule has 0 aliphatic rings. The Morgan fingerprint density at radius 3 is 2.32 bits per heavy atom. The van der Waals surface area contributed by atoms with Gasteiger partial charge in [-0.1, -0.05) is 30.3 Å². The van der Waals surface area contributed by atoms with Crippen molar-refractivity contribution in [3.63, 3.8) is 0 Å². The predicted octanol–water partition coefficient (Wildman–Crippen LogP) is 1.75. The van der Waals surface area contributed by atoms with E-state index in [0.717, 1.165) is 17.0 Å². The maximum atomic E-state index is 12.1. The second-order valence-corrected chi connectivity index (χ2v) is 4.72. The van der Waals surface area contributed by atoms with Gasteiger partial charge in [0.15, 0.2) is 0 Å². The van der Waals surface area contributed by atoms with Crippen molar-refractivity contribution in [2.75, 3.05) is 5.43 Å². The van der Waals surface area contributed by atoms with E-state index in [9.17, 15) is 4.79 Å². The van der Waals surface area contributed by atoms with E-state index in [1.165, 1.54) is 0 Å². The molecule has 1 aromatic heterocycles. The molecule has 1 heterocycles. The summed E-state index contributed by atoms with van der Waals surface area (Å²) in [4.78, 5) is 12.1. The van der Waals surface area contributed by atoms with Gasteiger partial charge in [-0.3, -0.25) is 14.9 Å². The number of benzene rings is 1. The topological polar surface area (TPSA) is 60.0 Å². The molecule has 100 valence electrons. The van der Waals surface area contributed by atoms with Gasteiger partial charge in [0.1, 0.15) is 0 Å². The van der Waals surface area contributed by atoms with Gasteiger partial charge in [0.25, 0.3) is 5.91 Å². The summed E-state index contributed by atoms with van der Waals surface area (Å²) in [6, 6.07) is 13.1. The highest BCUT2D eigenvalue weighted by molar-refractivity contribution is 5.89. The van der Waals surface area contributed by atoms with Crippen LogP contribution in [0.5, 0.6) is 0 Å². The molecule has 2 rings (SSSR count). The number of aryl methyl sites for hydroxylation is 2. The van der Waals surface area contributed by atoms with E-state index < -0.39 is 6.04 Å². The number of rotatable bonds is 4. The zero-order chi connectivity index (χ0) is 13.8. The molecule has 0 saturated carbocycles. The number of amides is 1. The second kappa shape index (κ2) is 5.71. The van der Waals surface area contributed by atoms with E-state index in [1.807, 2.05) is 56.3 Å². The van der Waals surface area contributed by atoms with Crippen LogP contribution in [0.15, 0.2) is 42.5 Å². The van der Waals surface area contributed by atoms with E-state index in [4.69, 9.17) is 5.73 Å². The van der Waals surface area contributed by atoms with Crippen molar-refractivity contribution < 1.29 is 4.79 Å². The Kier molecular flexibility index (Phi) is 4.02. The van der Waals surface area contributed by atoms with Crippen LogP contribution in [0.3, 0.4) is 0 Å². The summed E-state index contributed by atoms with van der Waals surface area (Å²) in [5.74, 6) is -0.175. The van der Waals surface area contributed by atoms with E-state index in [-0.39, 0.29) is 5.91 Å². The zero-order valence-corrected chi connectivity index (χ0v) is 11.3. The Morgan fingerprint density at radius 2 is 1.74 bits per heavy atom. The normalized spacial score (nSPS) is 12.2. The molecule has 4 heteroatoms. The number of nitrogens with two attached hydrogens (primary N) is 1. The molecule has 0 saturated heterocycles. The van der Waals surface area contributed by atoms with Crippen molar-refractivity contribution in [2.24, 2.45) is 5.73 Å². The van der Waals surface area contributed by atoms with Crippen LogP contribution in [-0.4, -0.2) is 16.6 Å². The van der Waals surface area contributed by atoms with E-state index in [1.54, 1.807) is 4.68 Å². The van der Waals surface area contributed by atoms with Crippen LogP contribution in [-0.2, 0) is 11.2 Å². The van der Waals surface area contributed by atoms with Crippen molar-refractivity contribution in [3.8, 4) is 0 Å². The van der Waals surface area contributed by atoms with Crippen LogP contribution < -0.4 is 11.2 Å². The molecule has 0 aliphatic heterocycles. The van der Waals surface area contributed by atoms with Crippen molar-refractivity contribution in [2.45, 2.75) is 26.3 Å². The molecule has 0 radical (unpaired) electrons. The molecular formula is C15H19N3O. The fourth-order valence-electron chi connectivity index (χ4n) is 2.00. The molecule has 1 atom stereocenters. The third-order valence-corrected chi connectivity index (χ3v) is 3.13. The lowest BCUT2D eigenvalue weighted by Crippen LogP contribution is -2.41. The average Bonchev–Trinajstić information content (AvgIpc) is 2.71. The molecule has 4 nitrogen and oxygen atoms in total. The molecule has 19 heavy (non-hydrogen) atoms. The molecule has 0 unspecified atom stereocenters. The van der Waals surface area contributed by atoms with E-state index in [2.05, 4.69) is 5.43 Å². The van der Waals surface area contributed by atoms with Crippen molar-refractivity contribution in [3.05, 3.63) is 59.4 Å². The summed E-state index contributed by atoms with van der Waals surface area (Å²) in [6.45, 7) is 3.88. The molecule has 2 aromatic rings. The number of nitrogens with one attached hydrogen (secondary N) is 1.